The highest BCUT2D eigenvalue weighted by Crippen LogP contribution is 2.28. The summed E-state index contributed by atoms with van der Waals surface area (Å²) in [7, 11) is 1.69. The highest BCUT2D eigenvalue weighted by atomic mass is 16.5. The number of H-pyrrole nitrogens is 1. The molecule has 1 amide bonds. The van der Waals surface area contributed by atoms with Crippen LogP contribution in [-0.4, -0.2) is 49.1 Å². The topological polar surface area (TPSA) is 67.5 Å². The zero-order valence-electron chi connectivity index (χ0n) is 11.8. The smallest absolute Gasteiger partial charge is 0.227 e. The predicted molar refractivity (Wildman–Crippen MR) is 73.6 cm³/mol. The fraction of sp³-hybridized carbons (Fsp3) is 0.714. The van der Waals surface area contributed by atoms with Gasteiger partial charge < -0.3 is 14.4 Å². The number of rotatable bonds is 3. The Balaban J connectivity index is 1.68. The summed E-state index contributed by atoms with van der Waals surface area (Å²) in [5, 5.41) is 7.03. The van der Waals surface area contributed by atoms with Crippen molar-refractivity contribution >= 4 is 11.6 Å². The van der Waals surface area contributed by atoms with E-state index in [0.29, 0.717) is 13.0 Å². The van der Waals surface area contributed by atoms with E-state index >= 15 is 0 Å². The van der Waals surface area contributed by atoms with E-state index in [1.54, 1.807) is 13.3 Å². The molecule has 1 N–H and O–H groups in total. The second-order valence-corrected chi connectivity index (χ2v) is 5.48. The number of aromatic amines is 1. The van der Waals surface area contributed by atoms with E-state index in [1.165, 1.54) is 0 Å². The number of carbonyl (C=O) groups is 1. The van der Waals surface area contributed by atoms with Gasteiger partial charge in [-0.1, -0.05) is 0 Å². The third-order valence-electron chi connectivity index (χ3n) is 4.28. The van der Waals surface area contributed by atoms with Crippen LogP contribution in [0.15, 0.2) is 6.20 Å². The van der Waals surface area contributed by atoms with E-state index in [4.69, 9.17) is 9.47 Å². The molecule has 3 rings (SSSR count). The first-order valence-corrected chi connectivity index (χ1v) is 7.22. The van der Waals surface area contributed by atoms with Crippen molar-refractivity contribution < 1.29 is 14.3 Å². The monoisotopic (exact) mass is 279 g/mol. The molecule has 1 aromatic heterocycles. The third kappa shape index (κ3) is 2.58. The van der Waals surface area contributed by atoms with Gasteiger partial charge in [0, 0.05) is 26.7 Å². The van der Waals surface area contributed by atoms with Crippen molar-refractivity contribution in [3.8, 4) is 0 Å². The lowest BCUT2D eigenvalue weighted by Crippen LogP contribution is -2.41. The fourth-order valence-corrected chi connectivity index (χ4v) is 3.10. The van der Waals surface area contributed by atoms with Gasteiger partial charge in [0.2, 0.25) is 5.91 Å². The van der Waals surface area contributed by atoms with Gasteiger partial charge in [-0.25, -0.2) is 0 Å². The quantitative estimate of drug-likeness (QED) is 0.900. The molecule has 1 aromatic rings. The number of methoxy groups -OCH3 is 1. The number of aryl methyl sites for hydroxylation is 1. The number of carbonyl (C=O) groups excluding carboxylic acids is 1. The summed E-state index contributed by atoms with van der Waals surface area (Å²) >= 11 is 0. The minimum absolute atomic E-state index is 0.0290. The molecule has 0 saturated carbocycles. The lowest BCUT2D eigenvalue weighted by Gasteiger charge is -2.33. The Bertz CT molecular complexity index is 474. The van der Waals surface area contributed by atoms with Gasteiger partial charge in [0.15, 0.2) is 0 Å². The summed E-state index contributed by atoms with van der Waals surface area (Å²) < 4.78 is 10.8. The van der Waals surface area contributed by atoms with Crippen LogP contribution in [0.1, 0.15) is 25.0 Å². The summed E-state index contributed by atoms with van der Waals surface area (Å²) in [4.78, 5) is 14.4. The van der Waals surface area contributed by atoms with Crippen LogP contribution in [0, 0.1) is 5.92 Å². The van der Waals surface area contributed by atoms with Crippen molar-refractivity contribution in [3.05, 3.63) is 11.9 Å². The first kappa shape index (κ1) is 13.6. The molecule has 1 fully saturated rings. The normalized spacial score (nSPS) is 26.4. The average molecular weight is 279 g/mol. The van der Waals surface area contributed by atoms with E-state index in [2.05, 4.69) is 10.2 Å². The van der Waals surface area contributed by atoms with E-state index in [9.17, 15) is 4.79 Å². The van der Waals surface area contributed by atoms with Gasteiger partial charge in [-0.3, -0.25) is 9.89 Å². The van der Waals surface area contributed by atoms with Crippen LogP contribution >= 0.6 is 0 Å². The number of aromatic nitrogens is 2. The summed E-state index contributed by atoms with van der Waals surface area (Å²) in [6.45, 7) is 2.09. The van der Waals surface area contributed by atoms with Crippen LogP contribution in [0.2, 0.25) is 0 Å². The molecule has 0 radical (unpaired) electrons. The van der Waals surface area contributed by atoms with Crippen molar-refractivity contribution in [2.75, 3.05) is 31.8 Å². The van der Waals surface area contributed by atoms with Gasteiger partial charge in [-0.15, -0.1) is 0 Å². The number of hydrogen-bond donors (Lipinski definition) is 1. The minimum Gasteiger partial charge on any atom is -0.379 e. The molecule has 2 aliphatic heterocycles. The van der Waals surface area contributed by atoms with Crippen LogP contribution < -0.4 is 4.90 Å². The molecule has 2 unspecified atom stereocenters. The molecular formula is C14H21N3O3. The van der Waals surface area contributed by atoms with Gasteiger partial charge in [0.1, 0.15) is 0 Å². The lowest BCUT2D eigenvalue weighted by molar-refractivity contribution is -0.124. The van der Waals surface area contributed by atoms with Crippen LogP contribution in [0.25, 0.3) is 0 Å². The molecule has 2 aliphatic rings. The lowest BCUT2D eigenvalue weighted by atomic mass is 9.92. The highest BCUT2D eigenvalue weighted by molar-refractivity contribution is 5.94. The molecule has 0 spiro atoms. The Morgan fingerprint density at radius 1 is 1.65 bits per heavy atom. The van der Waals surface area contributed by atoms with Crippen molar-refractivity contribution in [1.82, 2.24) is 10.2 Å². The Morgan fingerprint density at radius 2 is 2.55 bits per heavy atom. The second kappa shape index (κ2) is 5.93. The summed E-state index contributed by atoms with van der Waals surface area (Å²) in [6.07, 6.45) is 5.15. The highest BCUT2D eigenvalue weighted by Gasteiger charge is 2.31. The largest absolute Gasteiger partial charge is 0.379 e. The van der Waals surface area contributed by atoms with E-state index in [0.717, 1.165) is 43.8 Å². The number of nitrogens with zero attached hydrogens (tertiary/aromatic N) is 2. The average Bonchev–Trinajstić information content (AvgIpc) is 2.96. The van der Waals surface area contributed by atoms with Gasteiger partial charge in [-0.2, -0.15) is 5.10 Å². The summed E-state index contributed by atoms with van der Waals surface area (Å²) in [5.74, 6) is 0.417. The third-order valence-corrected chi connectivity index (χ3v) is 4.28. The molecule has 20 heavy (non-hydrogen) atoms. The molecule has 2 atom stereocenters. The molecule has 6 heteroatoms. The van der Waals surface area contributed by atoms with Gasteiger partial charge in [-0.05, 0) is 25.2 Å². The zero-order chi connectivity index (χ0) is 13.9. The first-order chi connectivity index (χ1) is 9.79. The number of nitrogens with one attached hydrogen (secondary N) is 1. The second-order valence-electron chi connectivity index (χ2n) is 5.48. The Morgan fingerprint density at radius 3 is 3.40 bits per heavy atom. The van der Waals surface area contributed by atoms with Gasteiger partial charge in [0.05, 0.1) is 30.3 Å². The Kier molecular flexibility index (Phi) is 4.03. The molecule has 0 aliphatic carbocycles. The van der Waals surface area contributed by atoms with Crippen LogP contribution in [0.5, 0.6) is 0 Å². The number of hydrogen-bond acceptors (Lipinski definition) is 4. The molecule has 6 nitrogen and oxygen atoms in total. The molecule has 3 heterocycles. The molecule has 1 saturated heterocycles. The van der Waals surface area contributed by atoms with Crippen LogP contribution in [0.3, 0.4) is 0 Å². The molecule has 110 valence electrons. The molecule has 0 aromatic carbocycles. The van der Waals surface area contributed by atoms with Crippen molar-refractivity contribution in [2.24, 2.45) is 5.92 Å². The number of anilines is 1. The van der Waals surface area contributed by atoms with E-state index < -0.39 is 0 Å². The zero-order valence-corrected chi connectivity index (χ0v) is 11.8. The summed E-state index contributed by atoms with van der Waals surface area (Å²) in [5.41, 5.74) is 2.02. The standard InChI is InChI=1S/C14H21N3O3/c1-19-13-9-20-6-4-10(13)7-14(18)17-5-2-3-11-12(17)8-15-16-11/h8,10,13H,2-7,9H2,1H3,(H,15,16). The molecular weight excluding hydrogens is 258 g/mol. The maximum absolute atomic E-state index is 12.6. The maximum Gasteiger partial charge on any atom is 0.227 e. The summed E-state index contributed by atoms with van der Waals surface area (Å²) in [6, 6.07) is 0. The van der Waals surface area contributed by atoms with Crippen LogP contribution in [0.4, 0.5) is 5.69 Å². The first-order valence-electron chi connectivity index (χ1n) is 7.22. The van der Waals surface area contributed by atoms with Gasteiger partial charge >= 0.3 is 0 Å². The number of ether oxygens (including phenoxy) is 2. The Labute approximate surface area is 118 Å². The van der Waals surface area contributed by atoms with Crippen molar-refractivity contribution in [1.29, 1.82) is 0 Å². The number of fused-ring (bicyclic) bond motifs is 1. The molecule has 0 bridgehead atoms. The maximum atomic E-state index is 12.6. The van der Waals surface area contributed by atoms with E-state index in [-0.39, 0.29) is 17.9 Å². The van der Waals surface area contributed by atoms with Crippen molar-refractivity contribution in [3.63, 3.8) is 0 Å². The SMILES string of the molecule is COC1COCCC1CC(=O)N1CCCc2[nH]ncc21. The van der Waals surface area contributed by atoms with E-state index in [1.807, 2.05) is 4.90 Å². The Hall–Kier alpha value is -1.40. The van der Waals surface area contributed by atoms with Crippen molar-refractivity contribution in [2.45, 2.75) is 31.8 Å². The van der Waals surface area contributed by atoms with Gasteiger partial charge in [0.25, 0.3) is 0 Å². The minimum atomic E-state index is 0.0290. The predicted octanol–water partition coefficient (Wildman–Crippen LogP) is 1.13. The fourth-order valence-electron chi connectivity index (χ4n) is 3.10. The van der Waals surface area contributed by atoms with Crippen LogP contribution in [-0.2, 0) is 20.7 Å². The number of amides is 1.